The SMILES string of the molecule is O=c1cncc(Nc2ccn[nH]2)[nH]1. The van der Waals surface area contributed by atoms with Gasteiger partial charge in [-0.05, 0) is 0 Å². The lowest BCUT2D eigenvalue weighted by molar-refractivity contribution is 1.08. The molecule has 0 atom stereocenters. The summed E-state index contributed by atoms with van der Waals surface area (Å²) < 4.78 is 0. The van der Waals surface area contributed by atoms with Gasteiger partial charge in [0.1, 0.15) is 11.6 Å². The predicted octanol–water partition coefficient (Wildman–Crippen LogP) is 0.237. The summed E-state index contributed by atoms with van der Waals surface area (Å²) in [5, 5.41) is 9.32. The Balaban J connectivity index is 2.24. The van der Waals surface area contributed by atoms with E-state index in [9.17, 15) is 4.79 Å². The van der Waals surface area contributed by atoms with E-state index >= 15 is 0 Å². The summed E-state index contributed by atoms with van der Waals surface area (Å²) in [6.45, 7) is 0. The van der Waals surface area contributed by atoms with Crippen LogP contribution in [0.1, 0.15) is 0 Å². The second-order valence-corrected chi connectivity index (χ2v) is 2.41. The fourth-order valence-electron chi connectivity index (χ4n) is 0.911. The average Bonchev–Trinajstić information content (AvgIpc) is 2.57. The molecule has 0 radical (unpaired) electrons. The quantitative estimate of drug-likeness (QED) is 0.613. The van der Waals surface area contributed by atoms with Crippen LogP contribution in [0.5, 0.6) is 0 Å². The Morgan fingerprint density at radius 2 is 2.23 bits per heavy atom. The van der Waals surface area contributed by atoms with Crippen molar-refractivity contribution in [3.05, 3.63) is 35.0 Å². The molecule has 2 heterocycles. The molecule has 0 unspecified atom stereocenters. The van der Waals surface area contributed by atoms with Gasteiger partial charge in [0.2, 0.25) is 0 Å². The van der Waals surface area contributed by atoms with Gasteiger partial charge >= 0.3 is 0 Å². The number of aromatic amines is 2. The largest absolute Gasteiger partial charge is 0.326 e. The predicted molar refractivity (Wildman–Crippen MR) is 46.7 cm³/mol. The third-order valence-corrected chi connectivity index (χ3v) is 1.42. The van der Waals surface area contributed by atoms with Crippen molar-refractivity contribution in [2.45, 2.75) is 0 Å². The van der Waals surface area contributed by atoms with Crippen molar-refractivity contribution in [3.8, 4) is 0 Å². The van der Waals surface area contributed by atoms with Crippen molar-refractivity contribution < 1.29 is 0 Å². The summed E-state index contributed by atoms with van der Waals surface area (Å²) in [7, 11) is 0. The normalized spacial score (nSPS) is 9.85. The van der Waals surface area contributed by atoms with Crippen molar-refractivity contribution in [2.75, 3.05) is 5.32 Å². The van der Waals surface area contributed by atoms with E-state index < -0.39 is 0 Å². The Kier molecular flexibility index (Phi) is 1.79. The van der Waals surface area contributed by atoms with Gasteiger partial charge in [-0.25, -0.2) is 0 Å². The summed E-state index contributed by atoms with van der Waals surface area (Å²) >= 11 is 0. The molecule has 0 saturated heterocycles. The maximum Gasteiger partial charge on any atom is 0.267 e. The Labute approximate surface area is 73.0 Å². The molecule has 0 fully saturated rings. The lowest BCUT2D eigenvalue weighted by Crippen LogP contribution is -2.07. The molecule has 0 amide bonds. The van der Waals surface area contributed by atoms with Crippen LogP contribution in [0.2, 0.25) is 0 Å². The van der Waals surface area contributed by atoms with Crippen molar-refractivity contribution in [1.82, 2.24) is 20.2 Å². The van der Waals surface area contributed by atoms with E-state index in [1.807, 2.05) is 0 Å². The molecular weight excluding hydrogens is 170 g/mol. The van der Waals surface area contributed by atoms with Crippen LogP contribution in [-0.4, -0.2) is 20.2 Å². The summed E-state index contributed by atoms with van der Waals surface area (Å²) in [5.74, 6) is 1.22. The summed E-state index contributed by atoms with van der Waals surface area (Å²) in [4.78, 5) is 17.1. The van der Waals surface area contributed by atoms with Crippen LogP contribution in [0.3, 0.4) is 0 Å². The molecule has 0 spiro atoms. The molecule has 6 nitrogen and oxygen atoms in total. The second-order valence-electron chi connectivity index (χ2n) is 2.41. The Hall–Kier alpha value is -2.11. The topological polar surface area (TPSA) is 86.5 Å². The molecule has 3 N–H and O–H groups in total. The van der Waals surface area contributed by atoms with Crippen LogP contribution in [0, 0.1) is 0 Å². The molecule has 0 aliphatic heterocycles. The highest BCUT2D eigenvalue weighted by Gasteiger charge is 1.94. The fourth-order valence-corrected chi connectivity index (χ4v) is 0.911. The minimum Gasteiger partial charge on any atom is -0.326 e. The number of nitrogens with zero attached hydrogens (tertiary/aromatic N) is 2. The molecule has 2 aromatic rings. The van der Waals surface area contributed by atoms with E-state index in [1.54, 1.807) is 12.3 Å². The first-order chi connectivity index (χ1) is 6.34. The molecule has 13 heavy (non-hydrogen) atoms. The Bertz CT molecular complexity index is 432. The van der Waals surface area contributed by atoms with E-state index in [0.717, 1.165) is 0 Å². The van der Waals surface area contributed by atoms with Gasteiger partial charge in [0.15, 0.2) is 0 Å². The van der Waals surface area contributed by atoms with Gasteiger partial charge in [0, 0.05) is 6.07 Å². The van der Waals surface area contributed by atoms with Crippen molar-refractivity contribution in [1.29, 1.82) is 0 Å². The van der Waals surface area contributed by atoms with Crippen LogP contribution in [-0.2, 0) is 0 Å². The van der Waals surface area contributed by atoms with E-state index in [-0.39, 0.29) is 5.56 Å². The molecule has 66 valence electrons. The first kappa shape index (κ1) is 7.53. The molecule has 2 rings (SSSR count). The monoisotopic (exact) mass is 177 g/mol. The van der Waals surface area contributed by atoms with Crippen LogP contribution in [0.4, 0.5) is 11.6 Å². The third kappa shape index (κ3) is 1.73. The summed E-state index contributed by atoms with van der Waals surface area (Å²) in [5.41, 5.74) is -0.246. The first-order valence-corrected chi connectivity index (χ1v) is 3.65. The van der Waals surface area contributed by atoms with Crippen LogP contribution < -0.4 is 10.9 Å². The molecular formula is C7H7N5O. The van der Waals surface area contributed by atoms with Gasteiger partial charge in [0.25, 0.3) is 5.56 Å². The summed E-state index contributed by atoms with van der Waals surface area (Å²) in [6, 6.07) is 1.74. The van der Waals surface area contributed by atoms with Gasteiger partial charge in [-0.3, -0.25) is 14.9 Å². The standard InChI is InChI=1S/C7H7N5O/c13-7-4-8-3-6(11-7)10-5-1-2-9-12-5/h1-4H,(H3,9,10,11,12,13). The van der Waals surface area contributed by atoms with Crippen molar-refractivity contribution >= 4 is 11.6 Å². The van der Waals surface area contributed by atoms with Gasteiger partial charge in [-0.2, -0.15) is 5.10 Å². The first-order valence-electron chi connectivity index (χ1n) is 3.65. The number of aromatic nitrogens is 4. The maximum absolute atomic E-state index is 10.8. The number of hydrogen-bond donors (Lipinski definition) is 3. The van der Waals surface area contributed by atoms with Crippen LogP contribution >= 0.6 is 0 Å². The van der Waals surface area contributed by atoms with E-state index in [4.69, 9.17) is 0 Å². The zero-order valence-electron chi connectivity index (χ0n) is 6.61. The molecule has 6 heteroatoms. The van der Waals surface area contributed by atoms with Gasteiger partial charge in [-0.15, -0.1) is 0 Å². The lowest BCUT2D eigenvalue weighted by atomic mass is 10.6. The van der Waals surface area contributed by atoms with Crippen LogP contribution in [0.15, 0.2) is 29.5 Å². The second kappa shape index (κ2) is 3.10. The van der Waals surface area contributed by atoms with Gasteiger partial charge in [-0.1, -0.05) is 0 Å². The lowest BCUT2D eigenvalue weighted by Gasteiger charge is -2.00. The number of anilines is 2. The molecule has 2 aromatic heterocycles. The van der Waals surface area contributed by atoms with E-state index in [2.05, 4.69) is 25.5 Å². The zero-order valence-corrected chi connectivity index (χ0v) is 6.61. The molecule has 0 saturated carbocycles. The fraction of sp³-hybridized carbons (Fsp3) is 0. The van der Waals surface area contributed by atoms with E-state index in [0.29, 0.717) is 11.6 Å². The minimum absolute atomic E-state index is 0.246. The van der Waals surface area contributed by atoms with Gasteiger partial charge in [0.05, 0.1) is 18.6 Å². The highest BCUT2D eigenvalue weighted by Crippen LogP contribution is 2.06. The number of H-pyrrole nitrogens is 2. The minimum atomic E-state index is -0.246. The maximum atomic E-state index is 10.8. The molecule has 0 aliphatic carbocycles. The van der Waals surface area contributed by atoms with Gasteiger partial charge < -0.3 is 10.3 Å². The highest BCUT2D eigenvalue weighted by atomic mass is 16.1. The Morgan fingerprint density at radius 1 is 1.31 bits per heavy atom. The molecule has 0 aromatic carbocycles. The number of nitrogens with one attached hydrogen (secondary N) is 3. The highest BCUT2D eigenvalue weighted by molar-refractivity contribution is 5.48. The smallest absolute Gasteiger partial charge is 0.267 e. The Morgan fingerprint density at radius 3 is 2.92 bits per heavy atom. The molecule has 0 aliphatic rings. The zero-order chi connectivity index (χ0) is 9.10. The van der Waals surface area contributed by atoms with Crippen molar-refractivity contribution in [3.63, 3.8) is 0 Å². The van der Waals surface area contributed by atoms with Crippen LogP contribution in [0.25, 0.3) is 0 Å². The third-order valence-electron chi connectivity index (χ3n) is 1.42. The average molecular weight is 177 g/mol. The van der Waals surface area contributed by atoms with Crippen molar-refractivity contribution in [2.24, 2.45) is 0 Å². The number of hydrogen-bond acceptors (Lipinski definition) is 4. The number of rotatable bonds is 2. The van der Waals surface area contributed by atoms with E-state index in [1.165, 1.54) is 12.4 Å². The molecule has 0 bridgehead atoms. The summed E-state index contributed by atoms with van der Waals surface area (Å²) in [6.07, 6.45) is 4.33.